The van der Waals surface area contributed by atoms with Crippen molar-refractivity contribution in [3.8, 4) is 0 Å². The van der Waals surface area contributed by atoms with Gasteiger partial charge >= 0.3 is 0 Å². The molecule has 1 heterocycles. The Bertz CT molecular complexity index is 493. The number of halogens is 2. The Morgan fingerprint density at radius 1 is 1.48 bits per heavy atom. The summed E-state index contributed by atoms with van der Waals surface area (Å²) >= 11 is 11.8. The third-order valence-corrected chi connectivity index (χ3v) is 3.74. The number of likely N-dealkylation sites (N-methyl/N-ethyl adjacent to an activating group) is 1. The van der Waals surface area contributed by atoms with E-state index in [1.165, 1.54) is 0 Å². The van der Waals surface area contributed by atoms with Crippen molar-refractivity contribution in [3.05, 3.63) is 33.8 Å². The van der Waals surface area contributed by atoms with Crippen LogP contribution in [-0.2, 0) is 9.53 Å². The van der Waals surface area contributed by atoms with Gasteiger partial charge in [0.15, 0.2) is 0 Å². The van der Waals surface area contributed by atoms with Crippen molar-refractivity contribution in [3.63, 3.8) is 0 Å². The van der Waals surface area contributed by atoms with Gasteiger partial charge in [0, 0.05) is 29.7 Å². The predicted molar refractivity (Wildman–Crippen MR) is 81.7 cm³/mol. The summed E-state index contributed by atoms with van der Waals surface area (Å²) in [7, 11) is 1.94. The normalized spacial score (nSPS) is 21.0. The molecule has 2 N–H and O–H groups in total. The lowest BCUT2D eigenvalue weighted by Gasteiger charge is -2.29. The molecule has 0 spiro atoms. The smallest absolute Gasteiger partial charge is 0.250 e. The Morgan fingerprint density at radius 2 is 2.14 bits per heavy atom. The van der Waals surface area contributed by atoms with Crippen LogP contribution in [0.15, 0.2) is 18.2 Å². The molecule has 0 aliphatic carbocycles. The zero-order chi connectivity index (χ0) is 15.4. The first-order valence-electron chi connectivity index (χ1n) is 6.67. The number of morpholine rings is 1. The lowest BCUT2D eigenvalue weighted by molar-refractivity contribution is -0.138. The average Bonchev–Trinajstić information content (AvgIpc) is 2.43. The van der Waals surface area contributed by atoms with Gasteiger partial charge in [-0.25, -0.2) is 0 Å². The molecule has 21 heavy (non-hydrogen) atoms. The third-order valence-electron chi connectivity index (χ3n) is 3.30. The van der Waals surface area contributed by atoms with Crippen LogP contribution in [0.25, 0.3) is 0 Å². The fourth-order valence-corrected chi connectivity index (χ4v) is 2.68. The summed E-state index contributed by atoms with van der Waals surface area (Å²) in [6, 6.07) is 4.83. The monoisotopic (exact) mass is 332 g/mol. The molecule has 1 amide bonds. The summed E-state index contributed by atoms with van der Waals surface area (Å²) in [6.45, 7) is 1.97. The van der Waals surface area contributed by atoms with Crippen LogP contribution in [0.5, 0.6) is 0 Å². The average molecular weight is 333 g/mol. The molecule has 1 fully saturated rings. The number of ether oxygens (including phenoxy) is 1. The van der Waals surface area contributed by atoms with Crippen LogP contribution in [0.1, 0.15) is 11.7 Å². The third kappa shape index (κ3) is 4.83. The highest BCUT2D eigenvalue weighted by Gasteiger charge is 2.25. The highest BCUT2D eigenvalue weighted by Crippen LogP contribution is 2.23. The highest BCUT2D eigenvalue weighted by atomic mass is 35.5. The molecule has 1 aromatic carbocycles. The summed E-state index contributed by atoms with van der Waals surface area (Å²) in [6.07, 6.45) is -1.37. The van der Waals surface area contributed by atoms with E-state index in [1.807, 2.05) is 11.9 Å². The van der Waals surface area contributed by atoms with E-state index in [9.17, 15) is 9.90 Å². The first-order chi connectivity index (χ1) is 9.95. The number of carbonyl (C=O) groups excluding carboxylic acids is 1. The van der Waals surface area contributed by atoms with Crippen molar-refractivity contribution in [2.45, 2.75) is 12.2 Å². The van der Waals surface area contributed by atoms with E-state index < -0.39 is 12.2 Å². The van der Waals surface area contributed by atoms with Gasteiger partial charge in [0.05, 0.1) is 12.7 Å². The Labute approximate surface area is 133 Å². The molecule has 2 atom stereocenters. The van der Waals surface area contributed by atoms with E-state index in [1.54, 1.807) is 18.2 Å². The topological polar surface area (TPSA) is 61.8 Å². The molecule has 0 bridgehead atoms. The Kier molecular flexibility index (Phi) is 5.84. The maximum Gasteiger partial charge on any atom is 0.250 e. The number of carbonyl (C=O) groups is 1. The van der Waals surface area contributed by atoms with Gasteiger partial charge in [-0.2, -0.15) is 0 Å². The molecule has 2 rings (SSSR count). The van der Waals surface area contributed by atoms with Crippen molar-refractivity contribution in [1.82, 2.24) is 10.2 Å². The minimum Gasteiger partial charge on any atom is -0.387 e. The summed E-state index contributed by atoms with van der Waals surface area (Å²) in [5, 5.41) is 13.7. The molecule has 0 radical (unpaired) electrons. The number of benzene rings is 1. The fraction of sp³-hybridized carbons (Fsp3) is 0.500. The van der Waals surface area contributed by atoms with Gasteiger partial charge in [-0.1, -0.05) is 23.2 Å². The first-order valence-corrected chi connectivity index (χ1v) is 7.43. The summed E-state index contributed by atoms with van der Waals surface area (Å²) in [4.78, 5) is 14.0. The number of aliphatic hydroxyl groups excluding tert-OH is 1. The number of nitrogens with zero attached hydrogens (tertiary/aromatic N) is 1. The number of rotatable bonds is 4. The molecule has 7 heteroatoms. The molecule has 2 unspecified atom stereocenters. The van der Waals surface area contributed by atoms with Crippen LogP contribution in [0.3, 0.4) is 0 Å². The second-order valence-electron chi connectivity index (χ2n) is 5.09. The SMILES string of the molecule is CN1CCOC(C(=O)NCC(O)c2cc(Cl)cc(Cl)c2)C1. The maximum atomic E-state index is 12.0. The molecule has 1 saturated heterocycles. The second kappa shape index (κ2) is 7.42. The number of amides is 1. The Hall–Kier alpha value is -0.850. The van der Waals surface area contributed by atoms with E-state index >= 15 is 0 Å². The zero-order valence-corrected chi connectivity index (χ0v) is 13.2. The van der Waals surface area contributed by atoms with Crippen LogP contribution in [0, 0.1) is 0 Å². The summed E-state index contributed by atoms with van der Waals surface area (Å²) in [5.74, 6) is -0.228. The number of hydrogen-bond acceptors (Lipinski definition) is 4. The van der Waals surface area contributed by atoms with Gasteiger partial charge < -0.3 is 20.1 Å². The van der Waals surface area contributed by atoms with Gasteiger partial charge in [-0.05, 0) is 30.8 Å². The van der Waals surface area contributed by atoms with Gasteiger partial charge in [0.2, 0.25) is 0 Å². The maximum absolute atomic E-state index is 12.0. The minimum atomic E-state index is -0.869. The van der Waals surface area contributed by atoms with Crippen LogP contribution >= 0.6 is 23.2 Å². The van der Waals surface area contributed by atoms with Crippen LogP contribution in [-0.4, -0.2) is 55.3 Å². The van der Waals surface area contributed by atoms with Gasteiger partial charge in [0.25, 0.3) is 5.91 Å². The largest absolute Gasteiger partial charge is 0.387 e. The fourth-order valence-electron chi connectivity index (χ4n) is 2.13. The van der Waals surface area contributed by atoms with Crippen molar-refractivity contribution in [2.75, 3.05) is 33.3 Å². The lowest BCUT2D eigenvalue weighted by Crippen LogP contribution is -2.49. The predicted octanol–water partition coefficient (Wildman–Crippen LogP) is 1.47. The molecule has 0 saturated carbocycles. The minimum absolute atomic E-state index is 0.0824. The van der Waals surface area contributed by atoms with E-state index in [0.29, 0.717) is 28.8 Å². The highest BCUT2D eigenvalue weighted by molar-refractivity contribution is 6.34. The van der Waals surface area contributed by atoms with E-state index in [4.69, 9.17) is 27.9 Å². The quantitative estimate of drug-likeness (QED) is 0.876. The molecule has 1 aliphatic heterocycles. The van der Waals surface area contributed by atoms with Gasteiger partial charge in [0.1, 0.15) is 6.10 Å². The number of aliphatic hydroxyl groups is 1. The molecular formula is C14H18Cl2N2O3. The summed E-state index contributed by atoms with van der Waals surface area (Å²) < 4.78 is 5.41. The van der Waals surface area contributed by atoms with Crippen molar-refractivity contribution in [1.29, 1.82) is 0 Å². The number of hydrogen-bond donors (Lipinski definition) is 2. The molecule has 1 aromatic rings. The standard InChI is InChI=1S/C14H18Cl2N2O3/c1-18-2-3-21-13(8-18)14(20)17-7-12(19)9-4-10(15)6-11(16)5-9/h4-6,12-13,19H,2-3,7-8H2,1H3,(H,17,20). The zero-order valence-electron chi connectivity index (χ0n) is 11.7. The molecule has 5 nitrogen and oxygen atoms in total. The van der Waals surface area contributed by atoms with Crippen molar-refractivity contribution in [2.24, 2.45) is 0 Å². The first kappa shape index (κ1) is 16.5. The second-order valence-corrected chi connectivity index (χ2v) is 5.96. The molecule has 116 valence electrons. The van der Waals surface area contributed by atoms with E-state index in [-0.39, 0.29) is 12.5 Å². The molecule has 0 aromatic heterocycles. The van der Waals surface area contributed by atoms with E-state index in [2.05, 4.69) is 5.32 Å². The van der Waals surface area contributed by atoms with Crippen molar-refractivity contribution >= 4 is 29.1 Å². The molecule has 1 aliphatic rings. The van der Waals surface area contributed by atoms with E-state index in [0.717, 1.165) is 6.54 Å². The van der Waals surface area contributed by atoms with Crippen molar-refractivity contribution < 1.29 is 14.6 Å². The van der Waals surface area contributed by atoms with Gasteiger partial charge in [-0.3, -0.25) is 4.79 Å². The number of nitrogens with one attached hydrogen (secondary N) is 1. The van der Waals surface area contributed by atoms with Gasteiger partial charge in [-0.15, -0.1) is 0 Å². The lowest BCUT2D eigenvalue weighted by atomic mass is 10.1. The van der Waals surface area contributed by atoms with Crippen LogP contribution in [0.4, 0.5) is 0 Å². The molecular weight excluding hydrogens is 315 g/mol. The summed E-state index contributed by atoms with van der Waals surface area (Å²) in [5.41, 5.74) is 0.564. The Morgan fingerprint density at radius 3 is 2.76 bits per heavy atom. The van der Waals surface area contributed by atoms with Crippen LogP contribution < -0.4 is 5.32 Å². The van der Waals surface area contributed by atoms with Crippen LogP contribution in [0.2, 0.25) is 10.0 Å². The Balaban J connectivity index is 1.88.